The van der Waals surface area contributed by atoms with Gasteiger partial charge in [-0.1, -0.05) is 31.2 Å². The average molecular weight is 259 g/mol. The van der Waals surface area contributed by atoms with Gasteiger partial charge in [0.05, 0.1) is 4.90 Å². The number of rotatable bonds is 5. The van der Waals surface area contributed by atoms with Crippen molar-refractivity contribution in [2.75, 3.05) is 0 Å². The molecule has 1 atom stereocenters. The monoisotopic (exact) mass is 258 g/mol. The van der Waals surface area contributed by atoms with Crippen LogP contribution in [-0.4, -0.2) is 12.6 Å². The van der Waals surface area contributed by atoms with Gasteiger partial charge in [0.15, 0.2) is 14.0 Å². The Morgan fingerprint density at radius 1 is 1.38 bits per heavy atom. The Morgan fingerprint density at radius 3 is 2.38 bits per heavy atom. The van der Waals surface area contributed by atoms with Crippen LogP contribution in [0.4, 0.5) is 0 Å². The average Bonchev–Trinajstić information content (AvgIpc) is 2.30. The predicted molar refractivity (Wildman–Crippen MR) is 67.3 cm³/mol. The summed E-state index contributed by atoms with van der Waals surface area (Å²) in [6.45, 7) is 5.31. The number of halogens is 1. The normalized spacial score (nSPS) is 15.4. The Balaban J connectivity index is 3.25. The molecule has 4 heteroatoms. The molecule has 0 fully saturated rings. The molecule has 0 aliphatic heterocycles. The molecule has 2 nitrogen and oxygen atoms in total. The van der Waals surface area contributed by atoms with Crippen molar-refractivity contribution in [1.82, 2.24) is 0 Å². The lowest BCUT2D eigenvalue weighted by Crippen LogP contribution is -2.31. The van der Waals surface area contributed by atoms with Gasteiger partial charge in [-0.25, -0.2) is 8.42 Å². The highest BCUT2D eigenvalue weighted by Crippen LogP contribution is 2.36. The van der Waals surface area contributed by atoms with E-state index in [1.165, 1.54) is 6.08 Å². The first kappa shape index (κ1) is 13.3. The molecule has 0 spiro atoms. The number of allylic oxidation sites excluding steroid dienone is 1. The number of hydrogen-bond acceptors (Lipinski definition) is 2. The Bertz CT molecular complexity index is 453. The van der Waals surface area contributed by atoms with Gasteiger partial charge >= 0.3 is 0 Å². The molecule has 0 saturated heterocycles. The van der Waals surface area contributed by atoms with Gasteiger partial charge in [0.2, 0.25) is 0 Å². The summed E-state index contributed by atoms with van der Waals surface area (Å²) in [4.78, 5) is 0.258. The third-order valence-electron chi connectivity index (χ3n) is 2.51. The molecule has 0 heterocycles. The summed E-state index contributed by atoms with van der Waals surface area (Å²) in [6.07, 6.45) is 2.12. The van der Waals surface area contributed by atoms with Crippen LogP contribution < -0.4 is 0 Å². The van der Waals surface area contributed by atoms with E-state index in [-0.39, 0.29) is 11.3 Å². The molecule has 1 aromatic carbocycles. The van der Waals surface area contributed by atoms with Crippen LogP contribution in [0.1, 0.15) is 19.8 Å². The zero-order chi connectivity index (χ0) is 12.2. The van der Waals surface area contributed by atoms with Crippen molar-refractivity contribution in [1.29, 1.82) is 0 Å². The quantitative estimate of drug-likeness (QED) is 0.599. The van der Waals surface area contributed by atoms with E-state index < -0.39 is 14.0 Å². The third-order valence-corrected chi connectivity index (χ3v) is 5.85. The van der Waals surface area contributed by atoms with Crippen molar-refractivity contribution in [3.63, 3.8) is 0 Å². The molecule has 0 aromatic heterocycles. The lowest BCUT2D eigenvalue weighted by molar-refractivity contribution is 0.562. The smallest absolute Gasteiger partial charge is 0.198 e. The molecule has 88 valence electrons. The van der Waals surface area contributed by atoms with Crippen molar-refractivity contribution in [2.24, 2.45) is 0 Å². The summed E-state index contributed by atoms with van der Waals surface area (Å²) < 4.78 is 23.3. The van der Waals surface area contributed by atoms with Gasteiger partial charge in [0.25, 0.3) is 0 Å². The van der Waals surface area contributed by atoms with Gasteiger partial charge in [-0.15, -0.1) is 18.2 Å². The first-order chi connectivity index (χ1) is 7.48. The van der Waals surface area contributed by atoms with Gasteiger partial charge in [-0.05, 0) is 25.0 Å². The summed E-state index contributed by atoms with van der Waals surface area (Å²) >= 11 is 6.19. The van der Waals surface area contributed by atoms with Crippen molar-refractivity contribution in [3.05, 3.63) is 43.0 Å². The number of benzene rings is 1. The Hall–Kier alpha value is -0.800. The summed E-state index contributed by atoms with van der Waals surface area (Å²) in [6, 6.07) is 8.27. The molecule has 0 bridgehead atoms. The Kier molecular flexibility index (Phi) is 4.16. The van der Waals surface area contributed by atoms with Gasteiger partial charge in [0.1, 0.15) is 0 Å². The molecular weight excluding hydrogens is 244 g/mol. The molecule has 1 aromatic rings. The van der Waals surface area contributed by atoms with Gasteiger partial charge < -0.3 is 0 Å². The molecule has 1 rings (SSSR count). The minimum Gasteiger partial charge on any atom is -0.222 e. The maximum Gasteiger partial charge on any atom is 0.198 e. The largest absolute Gasteiger partial charge is 0.222 e. The van der Waals surface area contributed by atoms with Gasteiger partial charge in [-0.2, -0.15) is 0 Å². The molecule has 0 aliphatic carbocycles. The lowest BCUT2D eigenvalue weighted by Gasteiger charge is -2.24. The van der Waals surface area contributed by atoms with Crippen LogP contribution >= 0.6 is 11.6 Å². The van der Waals surface area contributed by atoms with Gasteiger partial charge in [0, 0.05) is 0 Å². The predicted octanol–water partition coefficient (Wildman–Crippen LogP) is 3.38. The molecule has 16 heavy (non-hydrogen) atoms. The topological polar surface area (TPSA) is 34.1 Å². The van der Waals surface area contributed by atoms with Crippen LogP contribution in [0.15, 0.2) is 47.9 Å². The third kappa shape index (κ3) is 2.30. The molecule has 0 amide bonds. The SMILES string of the molecule is C=CCC(Cl)(CC)S(=O)(=O)c1ccccc1. The second-order valence-electron chi connectivity index (χ2n) is 3.55. The molecule has 0 aliphatic rings. The van der Waals surface area contributed by atoms with E-state index in [2.05, 4.69) is 6.58 Å². The first-order valence-electron chi connectivity index (χ1n) is 5.07. The second-order valence-corrected chi connectivity index (χ2v) is 6.75. The van der Waals surface area contributed by atoms with Crippen molar-refractivity contribution in [3.8, 4) is 0 Å². The van der Waals surface area contributed by atoms with E-state index in [4.69, 9.17) is 11.6 Å². The lowest BCUT2D eigenvalue weighted by atomic mass is 10.2. The van der Waals surface area contributed by atoms with E-state index in [9.17, 15) is 8.42 Å². The van der Waals surface area contributed by atoms with Crippen LogP contribution in [0.25, 0.3) is 0 Å². The van der Waals surface area contributed by atoms with Crippen LogP contribution in [0.3, 0.4) is 0 Å². The number of hydrogen-bond donors (Lipinski definition) is 0. The van der Waals surface area contributed by atoms with Crippen LogP contribution in [0.5, 0.6) is 0 Å². The fourth-order valence-electron chi connectivity index (χ4n) is 1.47. The number of sulfone groups is 1. The van der Waals surface area contributed by atoms with E-state index in [0.717, 1.165) is 0 Å². The highest BCUT2D eigenvalue weighted by molar-refractivity contribution is 7.94. The Labute approximate surface area is 102 Å². The maximum atomic E-state index is 12.3. The molecule has 0 N–H and O–H groups in total. The zero-order valence-electron chi connectivity index (χ0n) is 9.19. The fourth-order valence-corrected chi connectivity index (χ4v) is 3.50. The summed E-state index contributed by atoms with van der Waals surface area (Å²) in [5.41, 5.74) is 0. The maximum absolute atomic E-state index is 12.3. The van der Waals surface area contributed by atoms with E-state index >= 15 is 0 Å². The minimum absolute atomic E-state index is 0.238. The van der Waals surface area contributed by atoms with Crippen LogP contribution in [0, 0.1) is 0 Å². The van der Waals surface area contributed by atoms with Crippen LogP contribution in [-0.2, 0) is 9.84 Å². The summed E-state index contributed by atoms with van der Waals surface area (Å²) in [5.74, 6) is 0. The van der Waals surface area contributed by atoms with E-state index in [1.54, 1.807) is 37.3 Å². The van der Waals surface area contributed by atoms with Crippen molar-refractivity contribution in [2.45, 2.75) is 28.9 Å². The first-order valence-corrected chi connectivity index (χ1v) is 6.93. The summed E-state index contributed by atoms with van der Waals surface area (Å²) in [7, 11) is -3.52. The van der Waals surface area contributed by atoms with E-state index in [0.29, 0.717) is 6.42 Å². The van der Waals surface area contributed by atoms with Crippen molar-refractivity contribution >= 4 is 21.4 Å². The molecule has 1 unspecified atom stereocenters. The standard InChI is InChI=1S/C12H15ClO2S/c1-3-10-12(13,4-2)16(14,15)11-8-6-5-7-9-11/h3,5-9H,1,4,10H2,2H3. The minimum atomic E-state index is -3.52. The molecular formula is C12H15ClO2S. The van der Waals surface area contributed by atoms with Gasteiger partial charge in [-0.3, -0.25) is 0 Å². The van der Waals surface area contributed by atoms with E-state index in [1.807, 2.05) is 0 Å². The zero-order valence-corrected chi connectivity index (χ0v) is 10.8. The van der Waals surface area contributed by atoms with Crippen LogP contribution in [0.2, 0.25) is 0 Å². The highest BCUT2D eigenvalue weighted by atomic mass is 35.5. The highest BCUT2D eigenvalue weighted by Gasteiger charge is 2.40. The molecule has 0 saturated carbocycles. The molecule has 0 radical (unpaired) electrons. The van der Waals surface area contributed by atoms with Crippen molar-refractivity contribution < 1.29 is 8.42 Å². The summed E-state index contributed by atoms with van der Waals surface area (Å²) in [5, 5.41) is 0. The Morgan fingerprint density at radius 2 is 1.94 bits per heavy atom. The second kappa shape index (κ2) is 5.02. The number of alkyl halides is 1. The fraction of sp³-hybridized carbons (Fsp3) is 0.333.